The predicted molar refractivity (Wildman–Crippen MR) is 67.5 cm³/mol. The van der Waals surface area contributed by atoms with Crippen LogP contribution < -0.4 is 5.73 Å². The molecule has 2 atom stereocenters. The molecule has 17 heavy (non-hydrogen) atoms. The molecule has 1 saturated heterocycles. The van der Waals surface area contributed by atoms with E-state index < -0.39 is 11.9 Å². The molecule has 0 aromatic carbocycles. The molecular weight excluding hydrogens is 263 g/mol. The molecular formula is C11H16Cl2N2O2. The first-order chi connectivity index (χ1) is 7.95. The second kappa shape index (κ2) is 6.26. The Balaban J connectivity index is 2.79. The summed E-state index contributed by atoms with van der Waals surface area (Å²) < 4.78 is 0.191. The normalized spacial score (nSPS) is 22.2. The number of rotatable bonds is 4. The summed E-state index contributed by atoms with van der Waals surface area (Å²) in [6.07, 6.45) is 3.32. The molecule has 2 N–H and O–H groups in total. The Morgan fingerprint density at radius 1 is 1.65 bits per heavy atom. The minimum atomic E-state index is -0.534. The van der Waals surface area contributed by atoms with Crippen LogP contribution in [0.15, 0.2) is 10.6 Å². The van der Waals surface area contributed by atoms with Crippen LogP contribution >= 0.6 is 23.2 Å². The van der Waals surface area contributed by atoms with E-state index in [2.05, 4.69) is 0 Å². The highest BCUT2D eigenvalue weighted by molar-refractivity contribution is 6.55. The lowest BCUT2D eigenvalue weighted by atomic mass is 9.95. The van der Waals surface area contributed by atoms with Crippen molar-refractivity contribution >= 4 is 35.0 Å². The summed E-state index contributed by atoms with van der Waals surface area (Å²) in [5.41, 5.74) is 5.29. The van der Waals surface area contributed by atoms with Crippen LogP contribution in [0.1, 0.15) is 26.2 Å². The number of carbonyl (C=O) groups is 2. The van der Waals surface area contributed by atoms with Gasteiger partial charge in [0.15, 0.2) is 0 Å². The van der Waals surface area contributed by atoms with Gasteiger partial charge in [-0.2, -0.15) is 0 Å². The Labute approximate surface area is 111 Å². The van der Waals surface area contributed by atoms with Crippen LogP contribution in [0.4, 0.5) is 0 Å². The summed E-state index contributed by atoms with van der Waals surface area (Å²) in [4.78, 5) is 24.6. The van der Waals surface area contributed by atoms with E-state index in [1.54, 1.807) is 6.08 Å². The van der Waals surface area contributed by atoms with E-state index in [4.69, 9.17) is 28.9 Å². The van der Waals surface area contributed by atoms with E-state index >= 15 is 0 Å². The number of amides is 2. The molecule has 2 amide bonds. The quantitative estimate of drug-likeness (QED) is 0.853. The number of halogens is 2. The van der Waals surface area contributed by atoms with Crippen molar-refractivity contribution in [2.24, 2.45) is 11.7 Å². The van der Waals surface area contributed by atoms with Crippen molar-refractivity contribution in [3.63, 3.8) is 0 Å². The predicted octanol–water partition coefficient (Wildman–Crippen LogP) is 1.81. The molecule has 96 valence electrons. The lowest BCUT2D eigenvalue weighted by molar-refractivity contribution is -0.142. The van der Waals surface area contributed by atoms with Crippen molar-refractivity contribution in [2.75, 3.05) is 6.54 Å². The Morgan fingerprint density at radius 2 is 2.29 bits per heavy atom. The smallest absolute Gasteiger partial charge is 0.240 e. The lowest BCUT2D eigenvalue weighted by Gasteiger charge is -2.35. The Hall–Kier alpha value is -0.740. The van der Waals surface area contributed by atoms with Crippen LogP contribution in [0.3, 0.4) is 0 Å². The zero-order chi connectivity index (χ0) is 13.0. The second-order valence-electron chi connectivity index (χ2n) is 4.13. The molecule has 0 aromatic rings. The van der Waals surface area contributed by atoms with Gasteiger partial charge in [0.25, 0.3) is 0 Å². The minimum absolute atomic E-state index is 0.0361. The summed E-state index contributed by atoms with van der Waals surface area (Å²) in [7, 11) is 0. The average molecular weight is 279 g/mol. The molecule has 0 aliphatic carbocycles. The third-order valence-corrected chi connectivity index (χ3v) is 3.19. The van der Waals surface area contributed by atoms with Crippen molar-refractivity contribution in [3.8, 4) is 0 Å². The zero-order valence-electron chi connectivity index (χ0n) is 9.66. The van der Waals surface area contributed by atoms with E-state index in [1.165, 1.54) is 4.90 Å². The van der Waals surface area contributed by atoms with E-state index in [0.29, 0.717) is 25.8 Å². The van der Waals surface area contributed by atoms with Crippen molar-refractivity contribution < 1.29 is 9.59 Å². The molecule has 0 spiro atoms. The SMILES string of the molecule is CCC(C(N)=O)N1CC(C=C(Cl)Cl)CCC1=O. The Bertz CT molecular complexity index is 340. The fourth-order valence-corrected chi connectivity index (χ4v) is 2.45. The molecule has 0 radical (unpaired) electrons. The summed E-state index contributed by atoms with van der Waals surface area (Å²) in [5, 5.41) is 0. The van der Waals surface area contributed by atoms with E-state index in [0.717, 1.165) is 0 Å². The van der Waals surface area contributed by atoms with Gasteiger partial charge in [-0.05, 0) is 24.8 Å². The number of piperidine rings is 1. The molecule has 1 rings (SSSR count). The first-order valence-corrected chi connectivity index (χ1v) is 6.32. The Morgan fingerprint density at radius 3 is 2.76 bits per heavy atom. The van der Waals surface area contributed by atoms with Crippen LogP contribution in [0, 0.1) is 5.92 Å². The number of nitrogens with zero attached hydrogens (tertiary/aromatic N) is 1. The van der Waals surface area contributed by atoms with Gasteiger partial charge in [-0.25, -0.2) is 0 Å². The van der Waals surface area contributed by atoms with Crippen LogP contribution in [0.5, 0.6) is 0 Å². The molecule has 6 heteroatoms. The molecule has 0 aromatic heterocycles. The number of hydrogen-bond acceptors (Lipinski definition) is 2. The maximum Gasteiger partial charge on any atom is 0.240 e. The van der Waals surface area contributed by atoms with Gasteiger partial charge < -0.3 is 10.6 Å². The minimum Gasteiger partial charge on any atom is -0.368 e. The molecule has 4 nitrogen and oxygen atoms in total. The van der Waals surface area contributed by atoms with Crippen molar-refractivity contribution in [2.45, 2.75) is 32.2 Å². The van der Waals surface area contributed by atoms with E-state index in [-0.39, 0.29) is 16.3 Å². The summed E-state index contributed by atoms with van der Waals surface area (Å²) >= 11 is 11.2. The fraction of sp³-hybridized carbons (Fsp3) is 0.636. The summed E-state index contributed by atoms with van der Waals surface area (Å²) in [6, 6.07) is -0.534. The number of hydrogen-bond donors (Lipinski definition) is 1. The summed E-state index contributed by atoms with van der Waals surface area (Å²) in [5.74, 6) is -0.417. The molecule has 1 aliphatic rings. The number of likely N-dealkylation sites (tertiary alicyclic amines) is 1. The maximum atomic E-state index is 11.8. The standard InChI is InChI=1S/C11H16Cl2N2O2/c1-2-8(11(14)17)15-6-7(5-9(12)13)3-4-10(15)16/h5,7-8H,2-4,6H2,1H3,(H2,14,17). The first-order valence-electron chi connectivity index (χ1n) is 5.57. The Kier molecular flexibility index (Phi) is 5.28. The third kappa shape index (κ3) is 3.89. The average Bonchev–Trinajstić information content (AvgIpc) is 2.22. The van der Waals surface area contributed by atoms with Crippen LogP contribution in [0.25, 0.3) is 0 Å². The first kappa shape index (κ1) is 14.3. The molecule has 0 saturated carbocycles. The second-order valence-corrected chi connectivity index (χ2v) is 5.14. The summed E-state index contributed by atoms with van der Waals surface area (Å²) in [6.45, 7) is 2.28. The molecule has 1 aliphatic heterocycles. The highest BCUT2D eigenvalue weighted by atomic mass is 35.5. The number of primary amides is 1. The van der Waals surface area contributed by atoms with Gasteiger partial charge in [0.1, 0.15) is 10.5 Å². The topological polar surface area (TPSA) is 63.4 Å². The van der Waals surface area contributed by atoms with Gasteiger partial charge in [0.2, 0.25) is 11.8 Å². The largest absolute Gasteiger partial charge is 0.368 e. The van der Waals surface area contributed by atoms with Gasteiger partial charge >= 0.3 is 0 Å². The van der Waals surface area contributed by atoms with Crippen LogP contribution in [0.2, 0.25) is 0 Å². The van der Waals surface area contributed by atoms with Crippen LogP contribution in [-0.4, -0.2) is 29.3 Å². The fourth-order valence-electron chi connectivity index (χ4n) is 2.09. The molecule has 2 unspecified atom stereocenters. The number of carbonyl (C=O) groups excluding carboxylic acids is 2. The van der Waals surface area contributed by atoms with Gasteiger partial charge in [-0.3, -0.25) is 9.59 Å². The van der Waals surface area contributed by atoms with E-state index in [9.17, 15) is 9.59 Å². The van der Waals surface area contributed by atoms with E-state index in [1.807, 2.05) is 6.92 Å². The third-order valence-electron chi connectivity index (χ3n) is 2.93. The molecule has 1 heterocycles. The van der Waals surface area contributed by atoms with Gasteiger partial charge in [0.05, 0.1) is 0 Å². The van der Waals surface area contributed by atoms with Crippen molar-refractivity contribution in [1.29, 1.82) is 0 Å². The highest BCUT2D eigenvalue weighted by Gasteiger charge is 2.32. The maximum absolute atomic E-state index is 11.8. The van der Waals surface area contributed by atoms with Gasteiger partial charge in [-0.15, -0.1) is 0 Å². The lowest BCUT2D eigenvalue weighted by Crippen LogP contribution is -2.51. The van der Waals surface area contributed by atoms with Gasteiger partial charge in [-0.1, -0.05) is 30.1 Å². The zero-order valence-corrected chi connectivity index (χ0v) is 11.2. The van der Waals surface area contributed by atoms with Crippen LogP contribution in [-0.2, 0) is 9.59 Å². The van der Waals surface area contributed by atoms with Gasteiger partial charge in [0, 0.05) is 13.0 Å². The number of nitrogens with two attached hydrogens (primary N) is 1. The monoisotopic (exact) mass is 278 g/mol. The molecule has 0 bridgehead atoms. The highest BCUT2D eigenvalue weighted by Crippen LogP contribution is 2.24. The molecule has 1 fully saturated rings. The van der Waals surface area contributed by atoms with Crippen molar-refractivity contribution in [1.82, 2.24) is 4.90 Å². The van der Waals surface area contributed by atoms with Crippen molar-refractivity contribution in [3.05, 3.63) is 10.6 Å².